The second-order valence-corrected chi connectivity index (χ2v) is 20.0. The van der Waals surface area contributed by atoms with E-state index in [1.807, 2.05) is 0 Å². The van der Waals surface area contributed by atoms with Crippen LogP contribution in [0.3, 0.4) is 0 Å². The van der Waals surface area contributed by atoms with Crippen LogP contribution in [0.5, 0.6) is 0 Å². The summed E-state index contributed by atoms with van der Waals surface area (Å²) < 4.78 is 6.22. The third-order valence-electron chi connectivity index (χ3n) is 5.21. The Morgan fingerprint density at radius 2 is 1.36 bits per heavy atom. The van der Waals surface area contributed by atoms with Crippen LogP contribution in [0.1, 0.15) is 70.4 Å². The monoisotopic (exact) mass is 412 g/mol. The maximum absolute atomic E-state index is 9.66. The third kappa shape index (κ3) is 5.26. The van der Waals surface area contributed by atoms with Crippen molar-refractivity contribution in [1.82, 2.24) is 0 Å². The molecule has 1 aromatic carbocycles. The fraction of sp³-hybridized carbons (Fsp3) is 0.700. The van der Waals surface area contributed by atoms with Crippen LogP contribution in [0.15, 0.2) is 18.2 Å². The van der Waals surface area contributed by atoms with Crippen molar-refractivity contribution < 1.29 is 5.11 Å². The molecule has 0 saturated heterocycles. The molecule has 0 heterocycles. The third-order valence-corrected chi connectivity index (χ3v) is 21.2. The van der Waals surface area contributed by atoms with Crippen LogP contribution in [0.2, 0.25) is 13.3 Å². The van der Waals surface area contributed by atoms with Gasteiger partial charge in [0.05, 0.1) is 0 Å². The number of unbranched alkanes of at least 4 members (excludes halogenated alkanes) is 3. The number of aliphatic hydroxyl groups excluding tert-OH is 1. The number of aliphatic hydroxyl groups is 1. The molecule has 0 amide bonds. The van der Waals surface area contributed by atoms with Crippen molar-refractivity contribution in [1.29, 1.82) is 0 Å². The zero-order valence-electron chi connectivity index (χ0n) is 15.3. The Balaban J connectivity index is 3.24. The van der Waals surface area contributed by atoms with Gasteiger partial charge in [-0.25, -0.2) is 0 Å². The molecule has 1 nitrogen and oxygen atoms in total. The Bertz CT molecular complexity index is 406. The zero-order chi connectivity index (χ0) is 16.4. The molecule has 126 valence electrons. The molecule has 0 spiro atoms. The van der Waals surface area contributed by atoms with Gasteiger partial charge >= 0.3 is 143 Å². The van der Waals surface area contributed by atoms with Crippen molar-refractivity contribution in [3.63, 3.8) is 0 Å². The van der Waals surface area contributed by atoms with Crippen molar-refractivity contribution >= 4 is 22.0 Å². The van der Waals surface area contributed by atoms with Gasteiger partial charge in [-0.3, -0.25) is 0 Å². The average Bonchev–Trinajstić information content (AvgIpc) is 2.55. The molecular weight excluding hydrogens is 375 g/mol. The summed E-state index contributed by atoms with van der Waals surface area (Å²) >= 11 is -2.34. The SMILES string of the molecule is CCC[CH2][Sn]([CH2]CCC)([CH2]CCC)[c]1cccc(CO)c1C. The Morgan fingerprint density at radius 3 is 1.77 bits per heavy atom. The minimum atomic E-state index is -2.34. The predicted molar refractivity (Wildman–Crippen MR) is 102 cm³/mol. The summed E-state index contributed by atoms with van der Waals surface area (Å²) in [7, 11) is 0. The molecular formula is C20H36OSn. The molecule has 1 N–H and O–H groups in total. The van der Waals surface area contributed by atoms with E-state index in [0.717, 1.165) is 5.56 Å². The molecule has 0 fully saturated rings. The second-order valence-electron chi connectivity index (χ2n) is 6.84. The van der Waals surface area contributed by atoms with Gasteiger partial charge in [0, 0.05) is 0 Å². The Morgan fingerprint density at radius 1 is 0.864 bits per heavy atom. The first-order valence-corrected chi connectivity index (χ1v) is 16.8. The molecule has 22 heavy (non-hydrogen) atoms. The topological polar surface area (TPSA) is 20.2 Å². The van der Waals surface area contributed by atoms with Crippen LogP contribution >= 0.6 is 0 Å². The average molecular weight is 411 g/mol. The molecule has 0 bridgehead atoms. The summed E-state index contributed by atoms with van der Waals surface area (Å²) in [5.41, 5.74) is 2.58. The minimum absolute atomic E-state index is 0.191. The van der Waals surface area contributed by atoms with Gasteiger partial charge in [-0.1, -0.05) is 0 Å². The van der Waals surface area contributed by atoms with Crippen LogP contribution in [0.25, 0.3) is 0 Å². The van der Waals surface area contributed by atoms with Gasteiger partial charge in [0.15, 0.2) is 0 Å². The van der Waals surface area contributed by atoms with Gasteiger partial charge in [0.1, 0.15) is 0 Å². The normalized spacial score (nSPS) is 11.9. The van der Waals surface area contributed by atoms with Crippen LogP contribution in [-0.4, -0.2) is 23.5 Å². The molecule has 1 aromatic rings. The van der Waals surface area contributed by atoms with Crippen molar-refractivity contribution in [2.45, 2.75) is 86.1 Å². The Hall–Kier alpha value is -0.0213. The van der Waals surface area contributed by atoms with E-state index in [4.69, 9.17) is 0 Å². The van der Waals surface area contributed by atoms with Crippen LogP contribution in [0, 0.1) is 6.92 Å². The fourth-order valence-electron chi connectivity index (χ4n) is 3.75. The summed E-state index contributed by atoms with van der Waals surface area (Å²) in [6.45, 7) is 9.43. The quantitative estimate of drug-likeness (QED) is 0.474. The van der Waals surface area contributed by atoms with E-state index in [1.54, 1.807) is 3.58 Å². The molecule has 0 aliphatic carbocycles. The van der Waals surface area contributed by atoms with Gasteiger partial charge in [0.25, 0.3) is 0 Å². The number of hydrogen-bond donors (Lipinski definition) is 1. The van der Waals surface area contributed by atoms with Crippen LogP contribution in [0.4, 0.5) is 0 Å². The summed E-state index contributed by atoms with van der Waals surface area (Å²) in [4.78, 5) is 0. The molecule has 0 saturated carbocycles. The summed E-state index contributed by atoms with van der Waals surface area (Å²) in [5, 5.41) is 9.66. The first kappa shape index (κ1) is 20.0. The summed E-state index contributed by atoms with van der Waals surface area (Å²) in [6.07, 6.45) is 8.13. The van der Waals surface area contributed by atoms with Crippen LogP contribution < -0.4 is 3.58 Å². The van der Waals surface area contributed by atoms with Gasteiger partial charge in [-0.05, 0) is 0 Å². The summed E-state index contributed by atoms with van der Waals surface area (Å²) in [6, 6.07) is 6.73. The van der Waals surface area contributed by atoms with E-state index in [-0.39, 0.29) is 6.61 Å². The van der Waals surface area contributed by atoms with Crippen LogP contribution in [-0.2, 0) is 6.61 Å². The first-order chi connectivity index (χ1) is 10.6. The maximum atomic E-state index is 9.66. The van der Waals surface area contributed by atoms with Gasteiger partial charge in [0.2, 0.25) is 0 Å². The molecule has 0 atom stereocenters. The molecule has 0 aliphatic heterocycles. The first-order valence-electron chi connectivity index (χ1n) is 9.35. The van der Waals surface area contributed by atoms with E-state index in [9.17, 15) is 5.11 Å². The number of benzene rings is 1. The molecule has 0 unspecified atom stereocenters. The Kier molecular flexibility index (Phi) is 9.74. The van der Waals surface area contributed by atoms with Gasteiger partial charge in [-0.2, -0.15) is 0 Å². The van der Waals surface area contributed by atoms with E-state index >= 15 is 0 Å². The fourth-order valence-corrected chi connectivity index (χ4v) is 21.0. The molecule has 0 aromatic heterocycles. The van der Waals surface area contributed by atoms with Crippen molar-refractivity contribution in [2.24, 2.45) is 0 Å². The van der Waals surface area contributed by atoms with Crippen molar-refractivity contribution in [3.8, 4) is 0 Å². The van der Waals surface area contributed by atoms with Crippen molar-refractivity contribution in [3.05, 3.63) is 29.3 Å². The standard InChI is InChI=1S/C8H9O.3C4H9.Sn/c1-7-4-2-3-5-8(7)6-9;3*1-3-4-2;/h2-3,5,9H,6H2,1H3;3*1,3-4H2,2H3;. The number of hydrogen-bond acceptors (Lipinski definition) is 1. The van der Waals surface area contributed by atoms with E-state index in [2.05, 4.69) is 45.9 Å². The number of rotatable bonds is 11. The molecule has 2 heteroatoms. The Labute approximate surface area is 142 Å². The molecule has 0 radical (unpaired) electrons. The van der Waals surface area contributed by atoms with E-state index < -0.39 is 18.4 Å². The van der Waals surface area contributed by atoms with Crippen molar-refractivity contribution in [2.75, 3.05) is 0 Å². The summed E-state index contributed by atoms with van der Waals surface area (Å²) in [5.74, 6) is 0. The van der Waals surface area contributed by atoms with Gasteiger partial charge < -0.3 is 0 Å². The van der Waals surface area contributed by atoms with E-state index in [1.165, 1.54) is 57.4 Å². The van der Waals surface area contributed by atoms with Gasteiger partial charge in [-0.15, -0.1) is 0 Å². The zero-order valence-corrected chi connectivity index (χ0v) is 18.1. The predicted octanol–water partition coefficient (Wildman–Crippen LogP) is 5.54. The molecule has 0 aliphatic rings. The van der Waals surface area contributed by atoms with E-state index in [0.29, 0.717) is 0 Å². The molecule has 1 rings (SSSR count). The second kappa shape index (κ2) is 10.7.